The van der Waals surface area contributed by atoms with Gasteiger partial charge in [-0.15, -0.1) is 0 Å². The zero-order valence-electron chi connectivity index (χ0n) is 17.0. The van der Waals surface area contributed by atoms with Gasteiger partial charge in [-0.25, -0.2) is 0 Å². The van der Waals surface area contributed by atoms with Crippen LogP contribution < -0.4 is 10.2 Å². The summed E-state index contributed by atoms with van der Waals surface area (Å²) in [6, 6.07) is 19.6. The monoisotopic (exact) mass is 420 g/mol. The number of benzene rings is 2. The highest BCUT2D eigenvalue weighted by Crippen LogP contribution is 2.24. The van der Waals surface area contributed by atoms with Gasteiger partial charge in [0.2, 0.25) is 0 Å². The summed E-state index contributed by atoms with van der Waals surface area (Å²) in [7, 11) is 0. The van der Waals surface area contributed by atoms with Crippen LogP contribution in [0.2, 0.25) is 0 Å². The highest BCUT2D eigenvalue weighted by Gasteiger charge is 2.27. The van der Waals surface area contributed by atoms with Crippen molar-refractivity contribution in [2.45, 2.75) is 6.04 Å². The molecule has 4 rings (SSSR count). The molecule has 3 aromatic rings. The van der Waals surface area contributed by atoms with Gasteiger partial charge < -0.3 is 14.6 Å². The molecule has 160 valence electrons. The molecule has 1 saturated heterocycles. The number of hydrogen-bond donors (Lipinski definition) is 1. The maximum atomic E-state index is 12.6. The van der Waals surface area contributed by atoms with Gasteiger partial charge in [0, 0.05) is 56.1 Å². The minimum atomic E-state index is -0.482. The number of carbonyl (C=O) groups is 1. The normalized spacial score (nSPS) is 15.4. The second kappa shape index (κ2) is 9.44. The van der Waals surface area contributed by atoms with Crippen molar-refractivity contribution in [1.29, 1.82) is 0 Å². The minimum absolute atomic E-state index is 0.0405. The van der Waals surface area contributed by atoms with E-state index in [-0.39, 0.29) is 17.6 Å². The van der Waals surface area contributed by atoms with Crippen LogP contribution in [0, 0.1) is 10.1 Å². The Balaban J connectivity index is 1.40. The van der Waals surface area contributed by atoms with Crippen LogP contribution in [0.3, 0.4) is 0 Å². The predicted molar refractivity (Wildman–Crippen MR) is 117 cm³/mol. The first-order valence-corrected chi connectivity index (χ1v) is 10.2. The van der Waals surface area contributed by atoms with E-state index in [0.29, 0.717) is 12.1 Å². The van der Waals surface area contributed by atoms with Crippen LogP contribution in [-0.2, 0) is 0 Å². The quantitative estimate of drug-likeness (QED) is 0.465. The van der Waals surface area contributed by atoms with Crippen molar-refractivity contribution in [2.75, 3.05) is 37.6 Å². The predicted octanol–water partition coefficient (Wildman–Crippen LogP) is 3.48. The number of para-hydroxylation sites is 1. The van der Waals surface area contributed by atoms with Crippen molar-refractivity contribution in [3.63, 3.8) is 0 Å². The number of furan rings is 1. The number of non-ortho nitro benzene ring substituents is 1. The summed E-state index contributed by atoms with van der Waals surface area (Å²) in [5.74, 6) is 0.534. The van der Waals surface area contributed by atoms with Gasteiger partial charge in [-0.2, -0.15) is 0 Å². The molecule has 1 amide bonds. The molecule has 1 fully saturated rings. The fourth-order valence-corrected chi connectivity index (χ4v) is 3.85. The first-order chi connectivity index (χ1) is 15.1. The molecule has 1 aromatic heterocycles. The molecule has 31 heavy (non-hydrogen) atoms. The molecule has 0 radical (unpaired) electrons. The number of amides is 1. The Morgan fingerprint density at radius 3 is 2.32 bits per heavy atom. The zero-order valence-corrected chi connectivity index (χ0v) is 17.0. The number of nitro groups is 1. The Kier molecular flexibility index (Phi) is 6.28. The van der Waals surface area contributed by atoms with E-state index in [9.17, 15) is 14.9 Å². The zero-order chi connectivity index (χ0) is 21.6. The SMILES string of the molecule is O=C(NC[C@H](c1ccco1)N1CCN(c2ccccc2)CC1)c1ccc([N+](=O)[O-])cc1. The number of nitrogens with one attached hydrogen (secondary N) is 1. The van der Waals surface area contributed by atoms with Crippen LogP contribution in [0.5, 0.6) is 0 Å². The van der Waals surface area contributed by atoms with E-state index in [1.807, 2.05) is 30.3 Å². The molecule has 8 nitrogen and oxygen atoms in total. The maximum Gasteiger partial charge on any atom is 0.269 e. The molecule has 1 atom stereocenters. The van der Waals surface area contributed by atoms with Gasteiger partial charge in [-0.05, 0) is 36.4 Å². The molecule has 0 unspecified atom stereocenters. The molecular formula is C23H24N4O4. The van der Waals surface area contributed by atoms with Gasteiger partial charge in [0.25, 0.3) is 11.6 Å². The molecule has 0 bridgehead atoms. The van der Waals surface area contributed by atoms with E-state index in [2.05, 4.69) is 27.2 Å². The van der Waals surface area contributed by atoms with Crippen LogP contribution in [0.15, 0.2) is 77.4 Å². The van der Waals surface area contributed by atoms with E-state index >= 15 is 0 Å². The fourth-order valence-electron chi connectivity index (χ4n) is 3.85. The second-order valence-corrected chi connectivity index (χ2v) is 7.40. The molecule has 1 aliphatic rings. The van der Waals surface area contributed by atoms with Crippen LogP contribution in [0.4, 0.5) is 11.4 Å². The fraction of sp³-hybridized carbons (Fsp3) is 0.261. The molecule has 1 aliphatic heterocycles. The lowest BCUT2D eigenvalue weighted by atomic mass is 10.1. The first kappa shape index (κ1) is 20.6. The summed E-state index contributed by atoms with van der Waals surface area (Å²) >= 11 is 0. The minimum Gasteiger partial charge on any atom is -0.468 e. The Labute approximate surface area is 180 Å². The van der Waals surface area contributed by atoms with Crippen molar-refractivity contribution < 1.29 is 14.1 Å². The Morgan fingerprint density at radius 1 is 1.00 bits per heavy atom. The third kappa shape index (κ3) is 4.92. The third-order valence-electron chi connectivity index (χ3n) is 5.54. The Morgan fingerprint density at radius 2 is 1.71 bits per heavy atom. The Hall–Kier alpha value is -3.65. The van der Waals surface area contributed by atoms with Crippen molar-refractivity contribution in [2.24, 2.45) is 0 Å². The summed E-state index contributed by atoms with van der Waals surface area (Å²) in [5.41, 5.74) is 1.56. The highest BCUT2D eigenvalue weighted by atomic mass is 16.6. The van der Waals surface area contributed by atoms with Crippen molar-refractivity contribution in [1.82, 2.24) is 10.2 Å². The maximum absolute atomic E-state index is 12.6. The van der Waals surface area contributed by atoms with Crippen molar-refractivity contribution >= 4 is 17.3 Å². The lowest BCUT2D eigenvalue weighted by Crippen LogP contribution is -2.49. The molecular weight excluding hydrogens is 396 g/mol. The lowest BCUT2D eigenvalue weighted by Gasteiger charge is -2.39. The molecule has 1 N–H and O–H groups in total. The third-order valence-corrected chi connectivity index (χ3v) is 5.54. The van der Waals surface area contributed by atoms with Gasteiger partial charge in [-0.1, -0.05) is 18.2 Å². The van der Waals surface area contributed by atoms with E-state index in [1.54, 1.807) is 6.26 Å². The van der Waals surface area contributed by atoms with Crippen molar-refractivity contribution in [3.05, 3.63) is 94.4 Å². The van der Waals surface area contributed by atoms with Gasteiger partial charge in [0.05, 0.1) is 17.2 Å². The van der Waals surface area contributed by atoms with E-state index in [1.165, 1.54) is 30.0 Å². The van der Waals surface area contributed by atoms with Gasteiger partial charge in [0.1, 0.15) is 5.76 Å². The van der Waals surface area contributed by atoms with E-state index in [0.717, 1.165) is 31.9 Å². The summed E-state index contributed by atoms with van der Waals surface area (Å²) < 4.78 is 5.66. The van der Waals surface area contributed by atoms with Crippen molar-refractivity contribution in [3.8, 4) is 0 Å². The van der Waals surface area contributed by atoms with Gasteiger partial charge >= 0.3 is 0 Å². The smallest absolute Gasteiger partial charge is 0.269 e. The number of rotatable bonds is 7. The number of hydrogen-bond acceptors (Lipinski definition) is 6. The molecule has 0 aliphatic carbocycles. The summed E-state index contributed by atoms with van der Waals surface area (Å²) in [6.45, 7) is 3.84. The number of nitro benzene ring substituents is 1. The standard InChI is InChI=1S/C23H24N4O4/c28-23(18-8-10-20(11-9-18)27(29)30)24-17-21(22-7-4-16-31-22)26-14-12-25(13-15-26)19-5-2-1-3-6-19/h1-11,16,21H,12-15,17H2,(H,24,28)/t21-/m1/s1. The van der Waals surface area contributed by atoms with Gasteiger partial charge in [0.15, 0.2) is 0 Å². The van der Waals surface area contributed by atoms with Crippen LogP contribution in [0.25, 0.3) is 0 Å². The van der Waals surface area contributed by atoms with E-state index in [4.69, 9.17) is 4.42 Å². The molecule has 0 saturated carbocycles. The highest BCUT2D eigenvalue weighted by molar-refractivity contribution is 5.94. The average molecular weight is 420 g/mol. The molecule has 2 aromatic carbocycles. The van der Waals surface area contributed by atoms with Crippen LogP contribution in [0.1, 0.15) is 22.2 Å². The molecule has 0 spiro atoms. The number of carbonyl (C=O) groups excluding carboxylic acids is 1. The number of anilines is 1. The molecule has 2 heterocycles. The van der Waals surface area contributed by atoms with Crippen LogP contribution >= 0.6 is 0 Å². The topological polar surface area (TPSA) is 91.9 Å². The largest absolute Gasteiger partial charge is 0.468 e. The molecule has 8 heteroatoms. The average Bonchev–Trinajstić information content (AvgIpc) is 3.35. The number of nitrogens with zero attached hydrogens (tertiary/aromatic N) is 3. The second-order valence-electron chi connectivity index (χ2n) is 7.40. The van der Waals surface area contributed by atoms with Gasteiger partial charge in [-0.3, -0.25) is 19.8 Å². The Bertz CT molecular complexity index is 998. The van der Waals surface area contributed by atoms with E-state index < -0.39 is 4.92 Å². The number of piperazine rings is 1. The summed E-state index contributed by atoms with van der Waals surface area (Å²) in [6.07, 6.45) is 1.64. The lowest BCUT2D eigenvalue weighted by molar-refractivity contribution is -0.384. The summed E-state index contributed by atoms with van der Waals surface area (Å²) in [4.78, 5) is 27.6. The van der Waals surface area contributed by atoms with Crippen LogP contribution in [-0.4, -0.2) is 48.5 Å². The summed E-state index contributed by atoms with van der Waals surface area (Å²) in [5, 5.41) is 13.8. The first-order valence-electron chi connectivity index (χ1n) is 10.2.